The van der Waals surface area contributed by atoms with E-state index in [2.05, 4.69) is 5.32 Å². The van der Waals surface area contributed by atoms with Crippen LogP contribution in [-0.4, -0.2) is 38.4 Å². The zero-order chi connectivity index (χ0) is 13.9. The summed E-state index contributed by atoms with van der Waals surface area (Å²) in [4.78, 5) is 12.1. The number of carbonyl (C=O) groups is 1. The van der Waals surface area contributed by atoms with Gasteiger partial charge in [0.05, 0.1) is 11.5 Å². The summed E-state index contributed by atoms with van der Waals surface area (Å²) < 4.78 is 22.7. The summed E-state index contributed by atoms with van der Waals surface area (Å²) >= 11 is 0. The van der Waals surface area contributed by atoms with Crippen molar-refractivity contribution < 1.29 is 13.2 Å². The van der Waals surface area contributed by atoms with Gasteiger partial charge in [-0.1, -0.05) is 19.3 Å². The summed E-state index contributed by atoms with van der Waals surface area (Å²) in [6, 6.07) is -0.198. The van der Waals surface area contributed by atoms with Crippen LogP contribution in [0.2, 0.25) is 0 Å². The molecule has 2 aliphatic rings. The van der Waals surface area contributed by atoms with Crippen LogP contribution in [0.25, 0.3) is 0 Å². The molecule has 2 fully saturated rings. The highest BCUT2D eigenvalue weighted by atomic mass is 35.5. The van der Waals surface area contributed by atoms with Crippen molar-refractivity contribution in [3.8, 4) is 0 Å². The first kappa shape index (κ1) is 17.7. The van der Waals surface area contributed by atoms with Gasteiger partial charge in [-0.15, -0.1) is 12.4 Å². The Labute approximate surface area is 127 Å². The van der Waals surface area contributed by atoms with Crippen molar-refractivity contribution in [2.45, 2.75) is 51.0 Å². The summed E-state index contributed by atoms with van der Waals surface area (Å²) in [5, 5.41) is 2.87. The third-order valence-corrected chi connectivity index (χ3v) is 6.25. The fourth-order valence-electron chi connectivity index (χ4n) is 3.28. The van der Waals surface area contributed by atoms with E-state index >= 15 is 0 Å². The Bertz CT molecular complexity index is 433. The molecule has 20 heavy (non-hydrogen) atoms. The second kappa shape index (κ2) is 7.09. The van der Waals surface area contributed by atoms with Crippen LogP contribution in [0.15, 0.2) is 0 Å². The molecule has 3 N–H and O–H groups in total. The quantitative estimate of drug-likeness (QED) is 0.807. The summed E-state index contributed by atoms with van der Waals surface area (Å²) in [5.74, 6) is 0.253. The van der Waals surface area contributed by atoms with E-state index in [-0.39, 0.29) is 41.3 Å². The van der Waals surface area contributed by atoms with Gasteiger partial charge < -0.3 is 11.1 Å². The lowest BCUT2D eigenvalue weighted by atomic mass is 9.71. The molecule has 1 unspecified atom stereocenters. The molecule has 1 saturated heterocycles. The smallest absolute Gasteiger partial charge is 0.220 e. The van der Waals surface area contributed by atoms with Crippen LogP contribution in [-0.2, 0) is 14.6 Å². The molecule has 118 valence electrons. The van der Waals surface area contributed by atoms with Gasteiger partial charge >= 0.3 is 0 Å². The van der Waals surface area contributed by atoms with Crippen molar-refractivity contribution >= 4 is 28.2 Å². The van der Waals surface area contributed by atoms with Gasteiger partial charge in [0.1, 0.15) is 0 Å². The maximum absolute atomic E-state index is 12.1. The highest BCUT2D eigenvalue weighted by molar-refractivity contribution is 7.91. The maximum Gasteiger partial charge on any atom is 0.220 e. The minimum absolute atomic E-state index is 0. The number of hydrogen-bond donors (Lipinski definition) is 2. The minimum Gasteiger partial charge on any atom is -0.352 e. The molecule has 1 amide bonds. The zero-order valence-electron chi connectivity index (χ0n) is 11.8. The molecule has 2 rings (SSSR count). The van der Waals surface area contributed by atoms with E-state index in [4.69, 9.17) is 5.73 Å². The van der Waals surface area contributed by atoms with Crippen LogP contribution in [0.5, 0.6) is 0 Å². The van der Waals surface area contributed by atoms with Gasteiger partial charge in [-0.3, -0.25) is 4.79 Å². The van der Waals surface area contributed by atoms with Crippen LogP contribution in [0, 0.1) is 5.41 Å². The first-order valence-electron chi connectivity index (χ1n) is 7.15. The lowest BCUT2D eigenvalue weighted by Gasteiger charge is -2.35. The molecule has 0 radical (unpaired) electrons. The topological polar surface area (TPSA) is 89.3 Å². The Morgan fingerprint density at radius 3 is 2.40 bits per heavy atom. The Kier molecular flexibility index (Phi) is 6.28. The van der Waals surface area contributed by atoms with Crippen molar-refractivity contribution in [3.05, 3.63) is 0 Å². The Hall–Kier alpha value is -0.330. The highest BCUT2D eigenvalue weighted by Gasteiger charge is 2.35. The molecule has 0 aromatic heterocycles. The van der Waals surface area contributed by atoms with E-state index in [0.29, 0.717) is 19.4 Å². The normalized spacial score (nSPS) is 27.6. The first-order valence-corrected chi connectivity index (χ1v) is 8.97. The van der Waals surface area contributed by atoms with Crippen LogP contribution in [0.1, 0.15) is 44.9 Å². The molecule has 1 atom stereocenters. The number of rotatable bonds is 4. The van der Waals surface area contributed by atoms with Crippen molar-refractivity contribution in [2.24, 2.45) is 11.1 Å². The molecule has 1 saturated carbocycles. The number of nitrogens with one attached hydrogen (secondary N) is 1. The van der Waals surface area contributed by atoms with E-state index < -0.39 is 9.84 Å². The standard InChI is InChI=1S/C13H24N2O3S.ClH/c14-10-13(5-2-1-3-6-13)8-12(16)15-11-4-7-19(17,18)9-11;/h11H,1-10,14H2,(H,15,16);1H. The second-order valence-electron chi connectivity index (χ2n) is 6.11. The SMILES string of the molecule is Cl.NCC1(CC(=O)NC2CCS(=O)(=O)C2)CCCCC1. The maximum atomic E-state index is 12.1. The molecule has 1 aliphatic heterocycles. The third kappa shape index (κ3) is 4.60. The fourth-order valence-corrected chi connectivity index (χ4v) is 4.96. The molecule has 0 aromatic carbocycles. The fraction of sp³-hybridized carbons (Fsp3) is 0.923. The summed E-state index contributed by atoms with van der Waals surface area (Å²) in [6.45, 7) is 0.545. The second-order valence-corrected chi connectivity index (χ2v) is 8.34. The Morgan fingerprint density at radius 2 is 1.90 bits per heavy atom. The number of sulfone groups is 1. The lowest BCUT2D eigenvalue weighted by molar-refractivity contribution is -0.124. The zero-order valence-corrected chi connectivity index (χ0v) is 13.4. The largest absolute Gasteiger partial charge is 0.352 e. The molecular weight excluding hydrogens is 300 g/mol. The van der Waals surface area contributed by atoms with E-state index in [9.17, 15) is 13.2 Å². The van der Waals surface area contributed by atoms with Crippen molar-refractivity contribution in [1.82, 2.24) is 5.32 Å². The molecule has 7 heteroatoms. The van der Waals surface area contributed by atoms with Crippen LogP contribution in [0.3, 0.4) is 0 Å². The van der Waals surface area contributed by atoms with Gasteiger partial charge in [0.15, 0.2) is 9.84 Å². The molecule has 0 aromatic rings. The van der Waals surface area contributed by atoms with Crippen LogP contribution >= 0.6 is 12.4 Å². The monoisotopic (exact) mass is 324 g/mol. The summed E-state index contributed by atoms with van der Waals surface area (Å²) in [6.07, 6.45) is 6.53. The van der Waals surface area contributed by atoms with Gasteiger partial charge in [0, 0.05) is 12.5 Å². The molecular formula is C13H25ClN2O3S. The number of nitrogens with two attached hydrogens (primary N) is 1. The van der Waals surface area contributed by atoms with Gasteiger partial charge in [-0.05, 0) is 31.2 Å². The molecule has 1 heterocycles. The minimum atomic E-state index is -2.93. The number of hydrogen-bond acceptors (Lipinski definition) is 4. The average molecular weight is 325 g/mol. The van der Waals surface area contributed by atoms with Gasteiger partial charge in [0.2, 0.25) is 5.91 Å². The number of halogens is 1. The molecule has 5 nitrogen and oxygen atoms in total. The molecule has 1 aliphatic carbocycles. The third-order valence-electron chi connectivity index (χ3n) is 4.48. The number of carbonyl (C=O) groups excluding carboxylic acids is 1. The predicted molar refractivity (Wildman–Crippen MR) is 81.6 cm³/mol. The number of amides is 1. The predicted octanol–water partition coefficient (Wildman–Crippen LogP) is 1.01. The van der Waals surface area contributed by atoms with E-state index in [0.717, 1.165) is 25.7 Å². The van der Waals surface area contributed by atoms with Crippen molar-refractivity contribution in [1.29, 1.82) is 0 Å². The van der Waals surface area contributed by atoms with Crippen molar-refractivity contribution in [2.75, 3.05) is 18.1 Å². The average Bonchev–Trinajstić information content (AvgIpc) is 2.69. The van der Waals surface area contributed by atoms with Gasteiger partial charge in [0.25, 0.3) is 0 Å². The van der Waals surface area contributed by atoms with Gasteiger partial charge in [-0.25, -0.2) is 8.42 Å². The van der Waals surface area contributed by atoms with E-state index in [1.165, 1.54) is 6.42 Å². The van der Waals surface area contributed by atoms with Crippen LogP contribution in [0.4, 0.5) is 0 Å². The Balaban J connectivity index is 0.00000200. The summed E-state index contributed by atoms with van der Waals surface area (Å²) in [7, 11) is -2.93. The molecule has 0 bridgehead atoms. The van der Waals surface area contributed by atoms with Gasteiger partial charge in [-0.2, -0.15) is 0 Å². The lowest BCUT2D eigenvalue weighted by Crippen LogP contribution is -2.42. The van der Waals surface area contributed by atoms with E-state index in [1.807, 2.05) is 0 Å². The van der Waals surface area contributed by atoms with Crippen molar-refractivity contribution in [3.63, 3.8) is 0 Å². The summed E-state index contributed by atoms with van der Waals surface area (Å²) in [5.41, 5.74) is 5.81. The highest BCUT2D eigenvalue weighted by Crippen LogP contribution is 2.38. The van der Waals surface area contributed by atoms with E-state index in [1.54, 1.807) is 0 Å². The first-order chi connectivity index (χ1) is 8.95. The Morgan fingerprint density at radius 1 is 1.25 bits per heavy atom. The van der Waals surface area contributed by atoms with Crippen LogP contribution < -0.4 is 11.1 Å². The molecule has 0 spiro atoms.